The third kappa shape index (κ3) is 2.75. The van der Waals surface area contributed by atoms with Crippen LogP contribution in [-0.4, -0.2) is 14.8 Å². The van der Waals surface area contributed by atoms with Gasteiger partial charge >= 0.3 is 0 Å². The topological polar surface area (TPSA) is 56.7 Å². The molecule has 108 valence electrons. The van der Waals surface area contributed by atoms with Crippen molar-refractivity contribution in [3.05, 3.63) is 53.1 Å². The highest BCUT2D eigenvalue weighted by Gasteiger charge is 2.23. The van der Waals surface area contributed by atoms with Crippen molar-refractivity contribution < 1.29 is 0 Å². The number of hydrogen-bond donors (Lipinski definition) is 1. The maximum atomic E-state index is 6.25. The Morgan fingerprint density at radius 1 is 1.29 bits per heavy atom. The van der Waals surface area contributed by atoms with Gasteiger partial charge in [-0.25, -0.2) is 9.67 Å². The van der Waals surface area contributed by atoms with E-state index in [-0.39, 0.29) is 5.54 Å². The Labute approximate surface area is 128 Å². The first-order chi connectivity index (χ1) is 10.1. The highest BCUT2D eigenvalue weighted by molar-refractivity contribution is 7.10. The molecule has 4 nitrogen and oxygen atoms in total. The third-order valence-electron chi connectivity index (χ3n) is 3.63. The number of thiazole rings is 1. The summed E-state index contributed by atoms with van der Waals surface area (Å²) in [6.07, 6.45) is 4.70. The summed E-state index contributed by atoms with van der Waals surface area (Å²) in [5.74, 6) is 0. The van der Waals surface area contributed by atoms with Crippen LogP contribution in [0.2, 0.25) is 0 Å². The second-order valence-corrected chi connectivity index (χ2v) is 6.18. The van der Waals surface area contributed by atoms with E-state index in [0.717, 1.165) is 28.4 Å². The van der Waals surface area contributed by atoms with Gasteiger partial charge in [-0.15, -0.1) is 11.3 Å². The minimum Gasteiger partial charge on any atom is -0.320 e. The van der Waals surface area contributed by atoms with Crippen LogP contribution in [0.3, 0.4) is 0 Å². The van der Waals surface area contributed by atoms with Crippen LogP contribution in [0.15, 0.2) is 48.1 Å². The Hall–Kier alpha value is -1.98. The van der Waals surface area contributed by atoms with Gasteiger partial charge in [0.2, 0.25) is 0 Å². The minimum absolute atomic E-state index is 0.363. The molecule has 21 heavy (non-hydrogen) atoms. The van der Waals surface area contributed by atoms with E-state index in [2.05, 4.69) is 17.0 Å². The van der Waals surface area contributed by atoms with Gasteiger partial charge in [-0.05, 0) is 25.5 Å². The van der Waals surface area contributed by atoms with Crippen molar-refractivity contribution in [2.75, 3.05) is 0 Å². The monoisotopic (exact) mass is 298 g/mol. The Balaban J connectivity index is 1.91. The molecule has 2 N–H and O–H groups in total. The fraction of sp³-hybridized carbons (Fsp3) is 0.250. The standard InChI is InChI=1S/C16H18N4S/c1-3-16(2,17)15-19-14(11-21-15)12-9-18-20(10-12)13-7-5-4-6-8-13/h4-11H,3,17H2,1-2H3. The van der Waals surface area contributed by atoms with E-state index in [0.29, 0.717) is 0 Å². The lowest BCUT2D eigenvalue weighted by molar-refractivity contribution is 0.474. The second kappa shape index (κ2) is 5.42. The van der Waals surface area contributed by atoms with Gasteiger partial charge in [-0.3, -0.25) is 0 Å². The molecular weight excluding hydrogens is 280 g/mol. The molecule has 3 rings (SSSR count). The lowest BCUT2D eigenvalue weighted by atomic mass is 10.0. The number of aromatic nitrogens is 3. The first-order valence-electron chi connectivity index (χ1n) is 6.95. The van der Waals surface area contributed by atoms with Gasteiger partial charge < -0.3 is 5.73 Å². The SMILES string of the molecule is CCC(C)(N)c1nc(-c2cnn(-c3ccccc3)c2)cs1. The molecule has 0 saturated carbocycles. The van der Waals surface area contributed by atoms with Crippen molar-refractivity contribution in [1.82, 2.24) is 14.8 Å². The van der Waals surface area contributed by atoms with Crippen molar-refractivity contribution in [2.24, 2.45) is 5.73 Å². The van der Waals surface area contributed by atoms with E-state index in [1.165, 1.54) is 0 Å². The smallest absolute Gasteiger partial charge is 0.113 e. The predicted molar refractivity (Wildman–Crippen MR) is 86.5 cm³/mol. The van der Waals surface area contributed by atoms with Crippen LogP contribution in [0.1, 0.15) is 25.3 Å². The van der Waals surface area contributed by atoms with Crippen LogP contribution in [0.5, 0.6) is 0 Å². The molecule has 2 heterocycles. The summed E-state index contributed by atoms with van der Waals surface area (Å²) in [6.45, 7) is 4.09. The number of rotatable bonds is 4. The Morgan fingerprint density at radius 2 is 2.05 bits per heavy atom. The average Bonchev–Trinajstić information content (AvgIpc) is 3.17. The zero-order valence-electron chi connectivity index (χ0n) is 12.2. The molecule has 1 aromatic carbocycles. The van der Waals surface area contributed by atoms with E-state index in [4.69, 9.17) is 5.73 Å². The molecule has 0 saturated heterocycles. The van der Waals surface area contributed by atoms with Gasteiger partial charge in [0, 0.05) is 17.1 Å². The van der Waals surface area contributed by atoms with Gasteiger partial charge in [-0.1, -0.05) is 25.1 Å². The van der Waals surface area contributed by atoms with Gasteiger partial charge in [0.25, 0.3) is 0 Å². The summed E-state index contributed by atoms with van der Waals surface area (Å²) in [6, 6.07) is 10.0. The zero-order valence-corrected chi connectivity index (χ0v) is 13.0. The Bertz CT molecular complexity index is 728. The second-order valence-electron chi connectivity index (χ2n) is 5.32. The number of hydrogen-bond acceptors (Lipinski definition) is 4. The number of nitrogens with zero attached hydrogens (tertiary/aromatic N) is 3. The minimum atomic E-state index is -0.363. The Morgan fingerprint density at radius 3 is 2.76 bits per heavy atom. The first kappa shape index (κ1) is 14.0. The van der Waals surface area contributed by atoms with Crippen LogP contribution in [0, 0.1) is 0 Å². The number of nitrogens with two attached hydrogens (primary N) is 1. The predicted octanol–water partition coefficient (Wildman–Crippen LogP) is 3.58. The maximum Gasteiger partial charge on any atom is 0.113 e. The number of benzene rings is 1. The van der Waals surface area contributed by atoms with Crippen molar-refractivity contribution in [3.63, 3.8) is 0 Å². The highest BCUT2D eigenvalue weighted by atomic mass is 32.1. The average molecular weight is 298 g/mol. The van der Waals surface area contributed by atoms with Crippen molar-refractivity contribution >= 4 is 11.3 Å². The van der Waals surface area contributed by atoms with E-state index >= 15 is 0 Å². The van der Waals surface area contributed by atoms with Crippen LogP contribution >= 0.6 is 11.3 Å². The van der Waals surface area contributed by atoms with E-state index in [1.807, 2.05) is 59.7 Å². The molecule has 0 aliphatic heterocycles. The van der Waals surface area contributed by atoms with Crippen LogP contribution in [0.4, 0.5) is 0 Å². The van der Waals surface area contributed by atoms with E-state index in [9.17, 15) is 0 Å². The summed E-state index contributed by atoms with van der Waals surface area (Å²) in [4.78, 5) is 4.67. The highest BCUT2D eigenvalue weighted by Crippen LogP contribution is 2.29. The largest absolute Gasteiger partial charge is 0.320 e. The van der Waals surface area contributed by atoms with Crippen molar-refractivity contribution in [2.45, 2.75) is 25.8 Å². The van der Waals surface area contributed by atoms with Crippen LogP contribution in [-0.2, 0) is 5.54 Å². The molecular formula is C16H18N4S. The van der Waals surface area contributed by atoms with Crippen LogP contribution < -0.4 is 5.73 Å². The van der Waals surface area contributed by atoms with Gasteiger partial charge in [0.05, 0.1) is 23.1 Å². The lowest BCUT2D eigenvalue weighted by Gasteiger charge is -2.18. The quantitative estimate of drug-likeness (QED) is 0.801. The normalized spacial score (nSPS) is 14.0. The molecule has 0 amide bonds. The van der Waals surface area contributed by atoms with Crippen molar-refractivity contribution in [3.8, 4) is 16.9 Å². The molecule has 2 aromatic heterocycles. The molecule has 3 aromatic rings. The Kier molecular flexibility index (Phi) is 3.61. The summed E-state index contributed by atoms with van der Waals surface area (Å²) in [5, 5.41) is 7.41. The van der Waals surface area contributed by atoms with E-state index < -0.39 is 0 Å². The summed E-state index contributed by atoms with van der Waals surface area (Å²) < 4.78 is 1.86. The summed E-state index contributed by atoms with van der Waals surface area (Å²) >= 11 is 1.61. The van der Waals surface area contributed by atoms with Gasteiger partial charge in [-0.2, -0.15) is 5.10 Å². The lowest BCUT2D eigenvalue weighted by Crippen LogP contribution is -2.31. The van der Waals surface area contributed by atoms with Gasteiger partial charge in [0.15, 0.2) is 0 Å². The molecule has 1 unspecified atom stereocenters. The maximum absolute atomic E-state index is 6.25. The molecule has 0 fully saturated rings. The fourth-order valence-corrected chi connectivity index (χ4v) is 2.97. The molecule has 0 radical (unpaired) electrons. The molecule has 0 aliphatic carbocycles. The fourth-order valence-electron chi connectivity index (χ4n) is 2.00. The first-order valence-corrected chi connectivity index (χ1v) is 7.83. The number of para-hydroxylation sites is 1. The van der Waals surface area contributed by atoms with Crippen LogP contribution in [0.25, 0.3) is 16.9 Å². The van der Waals surface area contributed by atoms with Gasteiger partial charge in [0.1, 0.15) is 5.01 Å². The molecule has 1 atom stereocenters. The molecule has 5 heteroatoms. The molecule has 0 bridgehead atoms. The zero-order chi connectivity index (χ0) is 14.9. The summed E-state index contributed by atoms with van der Waals surface area (Å²) in [5.41, 5.74) is 8.87. The van der Waals surface area contributed by atoms with Crippen molar-refractivity contribution in [1.29, 1.82) is 0 Å². The summed E-state index contributed by atoms with van der Waals surface area (Å²) in [7, 11) is 0. The molecule has 0 aliphatic rings. The molecule has 0 spiro atoms. The third-order valence-corrected chi connectivity index (χ3v) is 4.75. The van der Waals surface area contributed by atoms with E-state index in [1.54, 1.807) is 11.3 Å².